The lowest BCUT2D eigenvalue weighted by molar-refractivity contribution is 0.413. The number of nitrogens with zero attached hydrogens (tertiary/aromatic N) is 4. The molecule has 0 aromatic carbocycles. The van der Waals surface area contributed by atoms with Crippen molar-refractivity contribution < 1.29 is 8.78 Å². The monoisotopic (exact) mass is 226 g/mol. The van der Waals surface area contributed by atoms with E-state index >= 15 is 0 Å². The van der Waals surface area contributed by atoms with Crippen molar-refractivity contribution in [3.05, 3.63) is 23.5 Å². The molecule has 0 fully saturated rings. The molecule has 0 amide bonds. The Bertz CT molecular complexity index is 423. The van der Waals surface area contributed by atoms with Gasteiger partial charge in [-0.25, -0.2) is 5.01 Å². The van der Waals surface area contributed by atoms with Gasteiger partial charge in [-0.1, -0.05) is 0 Å². The van der Waals surface area contributed by atoms with E-state index in [1.165, 1.54) is 11.1 Å². The van der Waals surface area contributed by atoms with Crippen LogP contribution in [0.3, 0.4) is 0 Å². The first-order valence-electron chi connectivity index (χ1n) is 4.88. The SMILES string of the molecule is Cc1cc(F)nc(F)c1N1N=CN(C)C1C. The normalized spacial score (nSPS) is 19.7. The van der Waals surface area contributed by atoms with Gasteiger partial charge in [-0.15, -0.1) is 0 Å². The summed E-state index contributed by atoms with van der Waals surface area (Å²) in [6.45, 7) is 3.50. The molecule has 0 saturated heterocycles. The van der Waals surface area contributed by atoms with Gasteiger partial charge >= 0.3 is 0 Å². The van der Waals surface area contributed by atoms with Gasteiger partial charge in [0, 0.05) is 7.05 Å². The van der Waals surface area contributed by atoms with Crippen LogP contribution >= 0.6 is 0 Å². The second-order valence-corrected chi connectivity index (χ2v) is 3.77. The second-order valence-electron chi connectivity index (χ2n) is 3.77. The Morgan fingerprint density at radius 2 is 2.06 bits per heavy atom. The fraction of sp³-hybridized carbons (Fsp3) is 0.400. The maximum absolute atomic E-state index is 13.6. The largest absolute Gasteiger partial charge is 0.342 e. The lowest BCUT2D eigenvalue weighted by Gasteiger charge is -2.25. The summed E-state index contributed by atoms with van der Waals surface area (Å²) in [6, 6.07) is 1.19. The van der Waals surface area contributed by atoms with Crippen LogP contribution in [-0.4, -0.2) is 29.4 Å². The van der Waals surface area contributed by atoms with Gasteiger partial charge in [0.15, 0.2) is 0 Å². The quantitative estimate of drug-likeness (QED) is 0.683. The molecule has 2 heterocycles. The third-order valence-corrected chi connectivity index (χ3v) is 2.64. The number of hydrogen-bond donors (Lipinski definition) is 0. The van der Waals surface area contributed by atoms with E-state index in [0.717, 1.165) is 0 Å². The molecule has 1 aromatic rings. The second kappa shape index (κ2) is 3.70. The molecule has 0 N–H and O–H groups in total. The van der Waals surface area contributed by atoms with Crippen molar-refractivity contribution in [1.29, 1.82) is 0 Å². The average Bonchev–Trinajstić information content (AvgIpc) is 2.48. The summed E-state index contributed by atoms with van der Waals surface area (Å²) in [4.78, 5) is 4.99. The van der Waals surface area contributed by atoms with E-state index in [0.29, 0.717) is 5.56 Å². The molecule has 16 heavy (non-hydrogen) atoms. The highest BCUT2D eigenvalue weighted by Crippen LogP contribution is 2.27. The van der Waals surface area contributed by atoms with E-state index in [2.05, 4.69) is 10.1 Å². The number of aryl methyl sites for hydroxylation is 1. The molecular weight excluding hydrogens is 214 g/mol. The highest BCUT2D eigenvalue weighted by Gasteiger charge is 2.26. The number of pyridine rings is 1. The maximum Gasteiger partial charge on any atom is 0.241 e. The van der Waals surface area contributed by atoms with Gasteiger partial charge in [-0.3, -0.25) is 0 Å². The van der Waals surface area contributed by atoms with Gasteiger partial charge in [-0.2, -0.15) is 18.9 Å². The lowest BCUT2D eigenvalue weighted by atomic mass is 10.2. The zero-order valence-electron chi connectivity index (χ0n) is 9.28. The third kappa shape index (κ3) is 1.60. The topological polar surface area (TPSA) is 31.7 Å². The van der Waals surface area contributed by atoms with E-state index in [4.69, 9.17) is 0 Å². The summed E-state index contributed by atoms with van der Waals surface area (Å²) in [6.07, 6.45) is 1.48. The Morgan fingerprint density at radius 3 is 2.56 bits per heavy atom. The molecule has 0 aliphatic carbocycles. The standard InChI is InChI=1S/C10H12F2N4/c1-6-4-8(11)14-10(12)9(6)16-7(2)15(3)5-13-16/h4-5,7H,1-3H3. The highest BCUT2D eigenvalue weighted by atomic mass is 19.1. The zero-order chi connectivity index (χ0) is 11.9. The van der Waals surface area contributed by atoms with Crippen LogP contribution in [0.25, 0.3) is 0 Å². The van der Waals surface area contributed by atoms with Crippen LogP contribution < -0.4 is 5.01 Å². The van der Waals surface area contributed by atoms with Crippen LogP contribution in [0.5, 0.6) is 0 Å². The van der Waals surface area contributed by atoms with E-state index in [9.17, 15) is 8.78 Å². The highest BCUT2D eigenvalue weighted by molar-refractivity contribution is 5.65. The van der Waals surface area contributed by atoms with Crippen LogP contribution in [0.1, 0.15) is 12.5 Å². The molecule has 6 heteroatoms. The number of hydrogen-bond acceptors (Lipinski definition) is 4. The minimum atomic E-state index is -0.836. The van der Waals surface area contributed by atoms with E-state index in [1.54, 1.807) is 13.3 Å². The maximum atomic E-state index is 13.6. The number of hydrazone groups is 1. The first-order valence-corrected chi connectivity index (χ1v) is 4.88. The van der Waals surface area contributed by atoms with Gasteiger partial charge in [0.1, 0.15) is 18.2 Å². The predicted molar refractivity (Wildman–Crippen MR) is 57.1 cm³/mol. The van der Waals surface area contributed by atoms with Crippen molar-refractivity contribution in [1.82, 2.24) is 9.88 Å². The first-order chi connectivity index (χ1) is 7.50. The number of anilines is 1. The summed E-state index contributed by atoms with van der Waals surface area (Å²) in [7, 11) is 1.83. The Morgan fingerprint density at radius 1 is 1.38 bits per heavy atom. The van der Waals surface area contributed by atoms with Gasteiger partial charge in [0.25, 0.3) is 0 Å². The molecular formula is C10H12F2N4. The number of aromatic nitrogens is 1. The smallest absolute Gasteiger partial charge is 0.241 e. The predicted octanol–water partition coefficient (Wildman–Crippen LogP) is 1.71. The molecule has 0 saturated carbocycles. The molecule has 0 spiro atoms. The molecule has 0 radical (unpaired) electrons. The van der Waals surface area contributed by atoms with Crippen LogP contribution in [0.15, 0.2) is 11.2 Å². The minimum Gasteiger partial charge on any atom is -0.342 e. The molecule has 0 bridgehead atoms. The fourth-order valence-electron chi connectivity index (χ4n) is 1.61. The van der Waals surface area contributed by atoms with E-state index in [-0.39, 0.29) is 11.9 Å². The van der Waals surface area contributed by atoms with Crippen molar-refractivity contribution in [3.63, 3.8) is 0 Å². The average molecular weight is 226 g/mol. The Hall–Kier alpha value is -1.72. The summed E-state index contributed by atoms with van der Waals surface area (Å²) < 4.78 is 26.4. The molecule has 4 nitrogen and oxygen atoms in total. The molecule has 1 aliphatic heterocycles. The third-order valence-electron chi connectivity index (χ3n) is 2.64. The van der Waals surface area contributed by atoms with Gasteiger partial charge in [-0.05, 0) is 25.5 Å². The van der Waals surface area contributed by atoms with Crippen molar-refractivity contribution in [2.75, 3.05) is 12.1 Å². The molecule has 1 atom stereocenters. The summed E-state index contributed by atoms with van der Waals surface area (Å²) in [5.41, 5.74) is 0.693. The molecule has 1 unspecified atom stereocenters. The van der Waals surface area contributed by atoms with Crippen LogP contribution in [-0.2, 0) is 0 Å². The summed E-state index contributed by atoms with van der Waals surface area (Å²) in [5.74, 6) is -1.65. The van der Waals surface area contributed by atoms with E-state index < -0.39 is 11.9 Å². The summed E-state index contributed by atoms with van der Waals surface area (Å²) in [5, 5.41) is 5.53. The Labute approximate surface area is 92.2 Å². The number of halogens is 2. The van der Waals surface area contributed by atoms with Crippen molar-refractivity contribution in [3.8, 4) is 0 Å². The molecule has 2 rings (SSSR count). The van der Waals surface area contributed by atoms with Crippen molar-refractivity contribution >= 4 is 12.0 Å². The van der Waals surface area contributed by atoms with Gasteiger partial charge in [0.05, 0.1) is 0 Å². The molecule has 86 valence electrons. The molecule has 1 aliphatic rings. The Balaban J connectivity index is 2.45. The van der Waals surface area contributed by atoms with Crippen molar-refractivity contribution in [2.24, 2.45) is 5.10 Å². The number of rotatable bonds is 1. The van der Waals surface area contributed by atoms with Crippen LogP contribution in [0.4, 0.5) is 14.5 Å². The van der Waals surface area contributed by atoms with Gasteiger partial charge in [0.2, 0.25) is 11.9 Å². The Kier molecular flexibility index (Phi) is 2.49. The van der Waals surface area contributed by atoms with E-state index in [1.807, 2.05) is 18.9 Å². The first kappa shape index (κ1) is 10.8. The van der Waals surface area contributed by atoms with Crippen molar-refractivity contribution in [2.45, 2.75) is 20.0 Å². The molecule has 1 aromatic heterocycles. The minimum absolute atomic E-state index is 0.111. The van der Waals surface area contributed by atoms with Crippen LogP contribution in [0, 0.1) is 18.8 Å². The van der Waals surface area contributed by atoms with Gasteiger partial charge < -0.3 is 4.90 Å². The zero-order valence-corrected chi connectivity index (χ0v) is 9.28. The summed E-state index contributed by atoms with van der Waals surface area (Å²) >= 11 is 0. The fourth-order valence-corrected chi connectivity index (χ4v) is 1.61. The lowest BCUT2D eigenvalue weighted by Crippen LogP contribution is -2.35. The van der Waals surface area contributed by atoms with Crippen LogP contribution in [0.2, 0.25) is 0 Å².